The van der Waals surface area contributed by atoms with E-state index in [0.29, 0.717) is 37.9 Å². The van der Waals surface area contributed by atoms with Crippen molar-refractivity contribution >= 4 is 16.6 Å². The summed E-state index contributed by atoms with van der Waals surface area (Å²) in [7, 11) is 1.68. The molecule has 108 valence electrons. The van der Waals surface area contributed by atoms with Crippen molar-refractivity contribution in [2.24, 2.45) is 0 Å². The van der Waals surface area contributed by atoms with E-state index < -0.39 is 0 Å². The number of ether oxygens (including phenoxy) is 3. The van der Waals surface area contributed by atoms with Crippen molar-refractivity contribution in [2.75, 3.05) is 39.3 Å². The third-order valence-corrected chi connectivity index (χ3v) is 2.86. The van der Waals surface area contributed by atoms with Gasteiger partial charge in [0.15, 0.2) is 5.75 Å². The maximum atomic E-state index is 5.92. The molecule has 5 heteroatoms. The molecule has 2 N–H and O–H groups in total. The quantitative estimate of drug-likeness (QED) is 0.749. The number of methoxy groups -OCH3 is 1. The van der Waals surface area contributed by atoms with E-state index in [-0.39, 0.29) is 0 Å². The maximum Gasteiger partial charge on any atom is 0.153 e. The van der Waals surface area contributed by atoms with Crippen LogP contribution < -0.4 is 10.5 Å². The molecule has 0 saturated carbocycles. The van der Waals surface area contributed by atoms with Crippen LogP contribution >= 0.6 is 0 Å². The SMILES string of the molecule is COCCCOCCOc1c(N)cnc2ccccc12. The first-order valence-electron chi connectivity index (χ1n) is 6.65. The number of anilines is 1. The van der Waals surface area contributed by atoms with Crippen LogP contribution in [-0.2, 0) is 9.47 Å². The number of rotatable bonds is 8. The van der Waals surface area contributed by atoms with Gasteiger partial charge in [0.25, 0.3) is 0 Å². The highest BCUT2D eigenvalue weighted by molar-refractivity contribution is 5.89. The van der Waals surface area contributed by atoms with Crippen LogP contribution in [-0.4, -0.2) is 38.5 Å². The molecule has 1 aromatic carbocycles. The van der Waals surface area contributed by atoms with Crippen LogP contribution in [0.2, 0.25) is 0 Å². The highest BCUT2D eigenvalue weighted by Crippen LogP contribution is 2.29. The van der Waals surface area contributed by atoms with Gasteiger partial charge in [0.2, 0.25) is 0 Å². The lowest BCUT2D eigenvalue weighted by Gasteiger charge is -2.11. The molecule has 0 saturated heterocycles. The van der Waals surface area contributed by atoms with Crippen molar-refractivity contribution in [3.63, 3.8) is 0 Å². The standard InChI is InChI=1S/C15H20N2O3/c1-18-7-4-8-19-9-10-20-15-12-5-2-3-6-14(12)17-11-13(15)16/h2-3,5-6,11H,4,7-10,16H2,1H3. The summed E-state index contributed by atoms with van der Waals surface area (Å²) in [5, 5.41) is 0.923. The average Bonchev–Trinajstić information content (AvgIpc) is 2.48. The lowest BCUT2D eigenvalue weighted by atomic mass is 10.2. The summed E-state index contributed by atoms with van der Waals surface area (Å²) in [5.74, 6) is 0.677. The second-order valence-corrected chi connectivity index (χ2v) is 4.37. The number of fused-ring (bicyclic) bond motifs is 1. The van der Waals surface area contributed by atoms with Gasteiger partial charge in [0.05, 0.1) is 24.0 Å². The Bertz CT molecular complexity index is 546. The Balaban J connectivity index is 1.88. The molecule has 1 aromatic heterocycles. The fourth-order valence-corrected chi connectivity index (χ4v) is 1.90. The molecule has 0 unspecified atom stereocenters. The molecule has 0 atom stereocenters. The molecule has 20 heavy (non-hydrogen) atoms. The third kappa shape index (κ3) is 3.82. The van der Waals surface area contributed by atoms with Crippen molar-refractivity contribution in [2.45, 2.75) is 6.42 Å². The van der Waals surface area contributed by atoms with E-state index in [9.17, 15) is 0 Å². The number of pyridine rings is 1. The average molecular weight is 276 g/mol. The minimum absolute atomic E-state index is 0.463. The number of nitrogens with two attached hydrogens (primary N) is 1. The van der Waals surface area contributed by atoms with Crippen molar-refractivity contribution in [1.29, 1.82) is 0 Å². The van der Waals surface area contributed by atoms with Crippen molar-refractivity contribution in [3.8, 4) is 5.75 Å². The predicted octanol–water partition coefficient (Wildman–Crippen LogP) is 2.25. The first kappa shape index (κ1) is 14.6. The monoisotopic (exact) mass is 276 g/mol. The molecular weight excluding hydrogens is 256 g/mol. The van der Waals surface area contributed by atoms with E-state index in [1.165, 1.54) is 0 Å². The molecule has 1 heterocycles. The minimum Gasteiger partial charge on any atom is -0.488 e. The Hall–Kier alpha value is -1.85. The van der Waals surface area contributed by atoms with Crippen molar-refractivity contribution in [1.82, 2.24) is 4.98 Å². The van der Waals surface area contributed by atoms with Crippen LogP contribution in [0.15, 0.2) is 30.5 Å². The molecule has 0 bridgehead atoms. The second kappa shape index (κ2) is 7.67. The van der Waals surface area contributed by atoms with Gasteiger partial charge in [0, 0.05) is 25.7 Å². The smallest absolute Gasteiger partial charge is 0.153 e. The largest absolute Gasteiger partial charge is 0.488 e. The van der Waals surface area contributed by atoms with Crippen LogP contribution in [0.4, 0.5) is 5.69 Å². The van der Waals surface area contributed by atoms with Crippen molar-refractivity contribution < 1.29 is 14.2 Å². The predicted molar refractivity (Wildman–Crippen MR) is 79.0 cm³/mol. The summed E-state index contributed by atoms with van der Waals surface area (Å²) < 4.78 is 16.1. The van der Waals surface area contributed by atoms with E-state index in [1.54, 1.807) is 13.3 Å². The lowest BCUT2D eigenvalue weighted by Crippen LogP contribution is -2.10. The summed E-state index contributed by atoms with van der Waals surface area (Å²) in [4.78, 5) is 4.27. The normalized spacial score (nSPS) is 10.8. The van der Waals surface area contributed by atoms with Gasteiger partial charge in [-0.25, -0.2) is 0 Å². The molecule has 0 fully saturated rings. The molecule has 0 aliphatic rings. The Morgan fingerprint density at radius 1 is 1.10 bits per heavy atom. The zero-order valence-electron chi connectivity index (χ0n) is 11.7. The Labute approximate surface area is 118 Å². The molecular formula is C15H20N2O3. The summed E-state index contributed by atoms with van der Waals surface area (Å²) in [5.41, 5.74) is 7.34. The first-order chi connectivity index (χ1) is 9.83. The molecule has 0 spiro atoms. The zero-order valence-corrected chi connectivity index (χ0v) is 11.7. The maximum absolute atomic E-state index is 5.92. The highest BCUT2D eigenvalue weighted by Gasteiger charge is 2.07. The molecule has 0 amide bonds. The fourth-order valence-electron chi connectivity index (χ4n) is 1.90. The van der Waals surface area contributed by atoms with Crippen LogP contribution in [0.1, 0.15) is 6.42 Å². The van der Waals surface area contributed by atoms with Gasteiger partial charge < -0.3 is 19.9 Å². The summed E-state index contributed by atoms with van der Waals surface area (Å²) in [6.45, 7) is 2.37. The number of aromatic nitrogens is 1. The first-order valence-corrected chi connectivity index (χ1v) is 6.65. The third-order valence-electron chi connectivity index (χ3n) is 2.86. The Morgan fingerprint density at radius 3 is 2.80 bits per heavy atom. The van der Waals surface area contributed by atoms with Gasteiger partial charge in [-0.3, -0.25) is 4.98 Å². The van der Waals surface area contributed by atoms with Crippen LogP contribution in [0, 0.1) is 0 Å². The zero-order chi connectivity index (χ0) is 14.2. The summed E-state index contributed by atoms with van der Waals surface area (Å²) in [6, 6.07) is 7.77. The van der Waals surface area contributed by atoms with E-state index in [4.69, 9.17) is 19.9 Å². The van der Waals surface area contributed by atoms with E-state index in [0.717, 1.165) is 17.3 Å². The number of hydrogen-bond acceptors (Lipinski definition) is 5. The van der Waals surface area contributed by atoms with E-state index >= 15 is 0 Å². The molecule has 0 radical (unpaired) electrons. The van der Waals surface area contributed by atoms with Gasteiger partial charge in [-0.15, -0.1) is 0 Å². The van der Waals surface area contributed by atoms with Gasteiger partial charge >= 0.3 is 0 Å². The van der Waals surface area contributed by atoms with E-state index in [2.05, 4.69) is 4.98 Å². The highest BCUT2D eigenvalue weighted by atomic mass is 16.5. The van der Waals surface area contributed by atoms with Crippen LogP contribution in [0.5, 0.6) is 5.75 Å². The number of nitrogens with zero attached hydrogens (tertiary/aromatic N) is 1. The molecule has 2 rings (SSSR count). The Morgan fingerprint density at radius 2 is 1.95 bits per heavy atom. The van der Waals surface area contributed by atoms with Gasteiger partial charge in [0.1, 0.15) is 6.61 Å². The van der Waals surface area contributed by atoms with Gasteiger partial charge in [-0.2, -0.15) is 0 Å². The molecule has 5 nitrogen and oxygen atoms in total. The van der Waals surface area contributed by atoms with Crippen molar-refractivity contribution in [3.05, 3.63) is 30.5 Å². The summed E-state index contributed by atoms with van der Waals surface area (Å²) >= 11 is 0. The fraction of sp³-hybridized carbons (Fsp3) is 0.400. The topological polar surface area (TPSA) is 66.6 Å². The second-order valence-electron chi connectivity index (χ2n) is 4.37. The summed E-state index contributed by atoms with van der Waals surface area (Å²) in [6.07, 6.45) is 2.51. The minimum atomic E-state index is 0.463. The lowest BCUT2D eigenvalue weighted by molar-refractivity contribution is 0.0811. The molecule has 2 aromatic rings. The van der Waals surface area contributed by atoms with Crippen LogP contribution in [0.3, 0.4) is 0 Å². The number of nitrogen functional groups attached to an aromatic ring is 1. The number of benzene rings is 1. The number of para-hydroxylation sites is 1. The Kier molecular flexibility index (Phi) is 5.58. The number of hydrogen-bond donors (Lipinski definition) is 1. The van der Waals surface area contributed by atoms with Crippen LogP contribution in [0.25, 0.3) is 10.9 Å². The van der Waals surface area contributed by atoms with E-state index in [1.807, 2.05) is 24.3 Å². The van der Waals surface area contributed by atoms with Gasteiger partial charge in [-0.1, -0.05) is 12.1 Å². The molecule has 0 aliphatic carbocycles. The van der Waals surface area contributed by atoms with Gasteiger partial charge in [-0.05, 0) is 18.6 Å². The molecule has 0 aliphatic heterocycles.